The largest absolute Gasteiger partial charge is 0.477 e. The second kappa shape index (κ2) is 3.95. The summed E-state index contributed by atoms with van der Waals surface area (Å²) in [4.78, 5) is 18.2. The fraction of sp³-hybridized carbons (Fsp3) is 0.375. The molecule has 0 spiro atoms. The number of hydrogen-bond donors (Lipinski definition) is 1. The predicted molar refractivity (Wildman–Crippen MR) is 44.4 cm³/mol. The number of carboxylic acid groups (broad SMARTS) is 1. The van der Waals surface area contributed by atoms with Crippen molar-refractivity contribution in [2.45, 2.75) is 13.0 Å². The van der Waals surface area contributed by atoms with Gasteiger partial charge in [-0.3, -0.25) is 0 Å². The van der Waals surface area contributed by atoms with E-state index in [1.54, 1.807) is 6.92 Å². The zero-order chi connectivity index (χ0) is 9.84. The van der Waals surface area contributed by atoms with Gasteiger partial charge in [-0.25, -0.2) is 14.8 Å². The fourth-order valence-corrected chi connectivity index (χ4v) is 0.794. The van der Waals surface area contributed by atoms with Crippen LogP contribution in [0, 0.1) is 0 Å². The van der Waals surface area contributed by atoms with Crippen molar-refractivity contribution in [1.82, 2.24) is 9.97 Å². The highest BCUT2D eigenvalue weighted by molar-refractivity contribution is 5.85. The van der Waals surface area contributed by atoms with E-state index in [1.807, 2.05) is 0 Å². The first kappa shape index (κ1) is 9.60. The predicted octanol–water partition coefficient (Wildman–Crippen LogP) is 0.882. The van der Waals surface area contributed by atoms with E-state index in [2.05, 4.69) is 9.97 Å². The lowest BCUT2D eigenvalue weighted by molar-refractivity contribution is 0.0687. The summed E-state index contributed by atoms with van der Waals surface area (Å²) in [5.74, 6) is -0.686. The van der Waals surface area contributed by atoms with E-state index in [0.29, 0.717) is 5.82 Å². The molecule has 5 nitrogen and oxygen atoms in total. The number of rotatable bonds is 3. The Labute approximate surface area is 75.4 Å². The van der Waals surface area contributed by atoms with Crippen LogP contribution in [-0.4, -0.2) is 28.2 Å². The molecule has 1 rings (SSSR count). The quantitative estimate of drug-likeness (QED) is 0.751. The van der Waals surface area contributed by atoms with Gasteiger partial charge in [0.05, 0.1) is 0 Å². The summed E-state index contributed by atoms with van der Waals surface area (Å²) in [7, 11) is 1.52. The monoisotopic (exact) mass is 182 g/mol. The van der Waals surface area contributed by atoms with Crippen LogP contribution in [0.3, 0.4) is 0 Å². The molecule has 1 atom stereocenters. The van der Waals surface area contributed by atoms with Crippen molar-refractivity contribution in [3.63, 3.8) is 0 Å². The number of aromatic carboxylic acids is 1. The third-order valence-electron chi connectivity index (χ3n) is 1.61. The molecule has 0 saturated carbocycles. The maximum atomic E-state index is 10.5. The normalized spacial score (nSPS) is 12.5. The number of aromatic nitrogens is 2. The van der Waals surface area contributed by atoms with Gasteiger partial charge in [-0.15, -0.1) is 0 Å². The van der Waals surface area contributed by atoms with E-state index in [1.165, 1.54) is 19.4 Å². The molecule has 1 heterocycles. The second-order valence-corrected chi connectivity index (χ2v) is 2.48. The third-order valence-corrected chi connectivity index (χ3v) is 1.61. The highest BCUT2D eigenvalue weighted by Gasteiger charge is 2.10. The van der Waals surface area contributed by atoms with Crippen molar-refractivity contribution in [1.29, 1.82) is 0 Å². The minimum atomic E-state index is -1.06. The van der Waals surface area contributed by atoms with Crippen molar-refractivity contribution in [2.24, 2.45) is 0 Å². The van der Waals surface area contributed by atoms with Gasteiger partial charge in [0.25, 0.3) is 0 Å². The molecule has 1 aromatic heterocycles. The van der Waals surface area contributed by atoms with E-state index >= 15 is 0 Å². The maximum Gasteiger partial charge on any atom is 0.354 e. The average molecular weight is 182 g/mol. The van der Waals surface area contributed by atoms with Gasteiger partial charge < -0.3 is 9.84 Å². The van der Waals surface area contributed by atoms with Gasteiger partial charge in [-0.1, -0.05) is 0 Å². The Kier molecular flexibility index (Phi) is 2.92. The lowest BCUT2D eigenvalue weighted by atomic mass is 10.3. The molecule has 0 aliphatic heterocycles. The van der Waals surface area contributed by atoms with Crippen LogP contribution in [0.15, 0.2) is 12.3 Å². The molecule has 0 aromatic carbocycles. The van der Waals surface area contributed by atoms with Crippen LogP contribution < -0.4 is 0 Å². The van der Waals surface area contributed by atoms with E-state index in [-0.39, 0.29) is 11.8 Å². The Morgan fingerprint density at radius 2 is 2.38 bits per heavy atom. The van der Waals surface area contributed by atoms with Crippen LogP contribution in [0.2, 0.25) is 0 Å². The standard InChI is InChI=1S/C8H10N2O3/c1-5(13-2)7-9-4-3-6(10-7)8(11)12/h3-5H,1-2H3,(H,11,12). The Morgan fingerprint density at radius 3 is 2.92 bits per heavy atom. The molecule has 0 saturated heterocycles. The summed E-state index contributed by atoms with van der Waals surface area (Å²) in [5.41, 5.74) is -0.0195. The highest BCUT2D eigenvalue weighted by atomic mass is 16.5. The minimum Gasteiger partial charge on any atom is -0.477 e. The maximum absolute atomic E-state index is 10.5. The summed E-state index contributed by atoms with van der Waals surface area (Å²) in [6.45, 7) is 1.75. The average Bonchev–Trinajstić information content (AvgIpc) is 2.17. The molecule has 13 heavy (non-hydrogen) atoms. The van der Waals surface area contributed by atoms with Gasteiger partial charge >= 0.3 is 5.97 Å². The first-order valence-electron chi connectivity index (χ1n) is 3.74. The molecule has 0 aliphatic rings. The summed E-state index contributed by atoms with van der Waals surface area (Å²) < 4.78 is 4.95. The number of carbonyl (C=O) groups is 1. The molecule has 1 N–H and O–H groups in total. The van der Waals surface area contributed by atoms with Crippen LogP contribution >= 0.6 is 0 Å². The van der Waals surface area contributed by atoms with Gasteiger partial charge in [-0.2, -0.15) is 0 Å². The molecule has 0 radical (unpaired) electrons. The number of hydrogen-bond acceptors (Lipinski definition) is 4. The fourth-order valence-electron chi connectivity index (χ4n) is 0.794. The van der Waals surface area contributed by atoms with Crippen LogP contribution in [0.1, 0.15) is 29.3 Å². The van der Waals surface area contributed by atoms with Gasteiger partial charge in [0.15, 0.2) is 11.5 Å². The van der Waals surface area contributed by atoms with Gasteiger partial charge in [0.1, 0.15) is 6.10 Å². The molecule has 70 valence electrons. The molecule has 0 amide bonds. The van der Waals surface area contributed by atoms with Crippen LogP contribution in [0.25, 0.3) is 0 Å². The lowest BCUT2D eigenvalue weighted by Crippen LogP contribution is -2.08. The van der Waals surface area contributed by atoms with Gasteiger partial charge in [0, 0.05) is 13.3 Å². The molecule has 0 fully saturated rings. The van der Waals surface area contributed by atoms with Crippen LogP contribution in [-0.2, 0) is 4.74 Å². The van der Waals surface area contributed by atoms with Crippen LogP contribution in [0.4, 0.5) is 0 Å². The van der Waals surface area contributed by atoms with E-state index in [0.717, 1.165) is 0 Å². The lowest BCUT2D eigenvalue weighted by Gasteiger charge is -2.07. The van der Waals surface area contributed by atoms with Gasteiger partial charge in [-0.05, 0) is 13.0 Å². The number of methoxy groups -OCH3 is 1. The van der Waals surface area contributed by atoms with Crippen LogP contribution in [0.5, 0.6) is 0 Å². The SMILES string of the molecule is COC(C)c1nccc(C(=O)O)n1. The van der Waals surface area contributed by atoms with Crippen molar-refractivity contribution in [3.8, 4) is 0 Å². The van der Waals surface area contributed by atoms with E-state index in [9.17, 15) is 4.79 Å². The molecule has 0 bridgehead atoms. The minimum absolute atomic E-state index is 0.0195. The molecular formula is C8H10N2O3. The highest BCUT2D eigenvalue weighted by Crippen LogP contribution is 2.09. The molecule has 1 unspecified atom stereocenters. The Bertz CT molecular complexity index is 314. The van der Waals surface area contributed by atoms with Gasteiger partial charge in [0.2, 0.25) is 0 Å². The number of carboxylic acids is 1. The molecule has 1 aromatic rings. The zero-order valence-electron chi connectivity index (χ0n) is 7.39. The molecule has 0 aliphatic carbocycles. The number of ether oxygens (including phenoxy) is 1. The van der Waals surface area contributed by atoms with E-state index < -0.39 is 5.97 Å². The summed E-state index contributed by atoms with van der Waals surface area (Å²) in [6.07, 6.45) is 1.11. The first-order chi connectivity index (χ1) is 6.15. The Balaban J connectivity index is 2.98. The Hall–Kier alpha value is -1.49. The topological polar surface area (TPSA) is 72.3 Å². The van der Waals surface area contributed by atoms with Crippen molar-refractivity contribution in [3.05, 3.63) is 23.8 Å². The van der Waals surface area contributed by atoms with Crippen molar-refractivity contribution < 1.29 is 14.6 Å². The van der Waals surface area contributed by atoms with Crippen molar-refractivity contribution in [2.75, 3.05) is 7.11 Å². The summed E-state index contributed by atoms with van der Waals surface area (Å²) in [6, 6.07) is 1.34. The first-order valence-corrected chi connectivity index (χ1v) is 3.74. The molecular weight excluding hydrogens is 172 g/mol. The smallest absolute Gasteiger partial charge is 0.354 e. The Morgan fingerprint density at radius 1 is 1.69 bits per heavy atom. The summed E-state index contributed by atoms with van der Waals surface area (Å²) in [5, 5.41) is 8.63. The van der Waals surface area contributed by atoms with E-state index in [4.69, 9.17) is 9.84 Å². The third kappa shape index (κ3) is 2.22. The zero-order valence-corrected chi connectivity index (χ0v) is 7.39. The number of nitrogens with zero attached hydrogens (tertiary/aromatic N) is 2. The summed E-state index contributed by atoms with van der Waals surface area (Å²) >= 11 is 0. The molecule has 5 heteroatoms. The van der Waals surface area contributed by atoms with Crippen molar-refractivity contribution >= 4 is 5.97 Å². The second-order valence-electron chi connectivity index (χ2n) is 2.48.